The Kier molecular flexibility index (Phi) is 2.39. The average Bonchev–Trinajstić information content (AvgIpc) is 2.66. The molecule has 0 radical (unpaired) electrons. The van der Waals surface area contributed by atoms with E-state index < -0.39 is 5.97 Å². The molecule has 0 aliphatic rings. The minimum Gasteiger partial charge on any atom is -0.478 e. The maximum atomic E-state index is 10.7. The standard InChI is InChI=1S/C10H8N2O2S/c11-9-4-6(1-2-12-9)8-3-7(5-15-8)10(13)14/h1-5H,(H2,11,12)(H,13,14). The highest BCUT2D eigenvalue weighted by atomic mass is 32.1. The van der Waals surface area contributed by atoms with E-state index in [4.69, 9.17) is 10.8 Å². The van der Waals surface area contributed by atoms with E-state index >= 15 is 0 Å². The number of nitrogens with two attached hydrogens (primary N) is 1. The average molecular weight is 220 g/mol. The number of thiophene rings is 1. The summed E-state index contributed by atoms with van der Waals surface area (Å²) in [5.41, 5.74) is 6.73. The van der Waals surface area contributed by atoms with Crippen LogP contribution in [0, 0.1) is 0 Å². The second kappa shape index (κ2) is 3.70. The molecule has 0 saturated heterocycles. The van der Waals surface area contributed by atoms with Gasteiger partial charge in [-0.15, -0.1) is 11.3 Å². The van der Waals surface area contributed by atoms with E-state index in [1.807, 2.05) is 0 Å². The normalized spacial score (nSPS) is 10.1. The Bertz CT molecular complexity index is 508. The van der Waals surface area contributed by atoms with Gasteiger partial charge in [0.15, 0.2) is 0 Å². The van der Waals surface area contributed by atoms with Crippen LogP contribution >= 0.6 is 11.3 Å². The van der Waals surface area contributed by atoms with Gasteiger partial charge in [-0.05, 0) is 23.8 Å². The third-order valence-electron chi connectivity index (χ3n) is 1.91. The zero-order chi connectivity index (χ0) is 10.8. The number of anilines is 1. The van der Waals surface area contributed by atoms with E-state index in [1.165, 1.54) is 11.3 Å². The first-order valence-electron chi connectivity index (χ1n) is 4.20. The Morgan fingerprint density at radius 1 is 1.47 bits per heavy atom. The fourth-order valence-electron chi connectivity index (χ4n) is 1.20. The monoisotopic (exact) mass is 220 g/mol. The summed E-state index contributed by atoms with van der Waals surface area (Å²) in [5.74, 6) is -0.489. The van der Waals surface area contributed by atoms with Gasteiger partial charge in [-0.1, -0.05) is 0 Å². The van der Waals surface area contributed by atoms with Crippen LogP contribution in [0.5, 0.6) is 0 Å². The highest BCUT2D eigenvalue weighted by Crippen LogP contribution is 2.27. The van der Waals surface area contributed by atoms with Gasteiger partial charge in [-0.3, -0.25) is 0 Å². The SMILES string of the molecule is Nc1cc(-c2cc(C(=O)O)cs2)ccn1. The fraction of sp³-hybridized carbons (Fsp3) is 0. The number of pyridine rings is 1. The van der Waals surface area contributed by atoms with Crippen LogP contribution in [0.3, 0.4) is 0 Å². The van der Waals surface area contributed by atoms with E-state index in [-0.39, 0.29) is 0 Å². The maximum Gasteiger partial charge on any atom is 0.336 e. The van der Waals surface area contributed by atoms with Gasteiger partial charge < -0.3 is 10.8 Å². The second-order valence-corrected chi connectivity index (χ2v) is 3.89. The minimum atomic E-state index is -0.917. The molecule has 0 unspecified atom stereocenters. The number of nitrogens with zero attached hydrogens (tertiary/aromatic N) is 1. The number of aromatic nitrogens is 1. The van der Waals surface area contributed by atoms with Gasteiger partial charge in [0.1, 0.15) is 5.82 Å². The first kappa shape index (κ1) is 9.67. The lowest BCUT2D eigenvalue weighted by molar-refractivity contribution is 0.0697. The summed E-state index contributed by atoms with van der Waals surface area (Å²) in [6, 6.07) is 5.15. The van der Waals surface area contributed by atoms with Crippen LogP contribution in [-0.2, 0) is 0 Å². The zero-order valence-corrected chi connectivity index (χ0v) is 8.49. The molecule has 2 aromatic rings. The molecule has 0 saturated carbocycles. The van der Waals surface area contributed by atoms with Crippen LogP contribution in [0.25, 0.3) is 10.4 Å². The summed E-state index contributed by atoms with van der Waals surface area (Å²) in [7, 11) is 0. The van der Waals surface area contributed by atoms with Crippen molar-refractivity contribution < 1.29 is 9.90 Å². The van der Waals surface area contributed by atoms with Crippen LogP contribution in [0.4, 0.5) is 5.82 Å². The number of carbonyl (C=O) groups is 1. The predicted octanol–water partition coefficient (Wildman–Crippen LogP) is 2.09. The summed E-state index contributed by atoms with van der Waals surface area (Å²) in [6.45, 7) is 0. The molecule has 2 rings (SSSR count). The quantitative estimate of drug-likeness (QED) is 0.812. The largest absolute Gasteiger partial charge is 0.478 e. The van der Waals surface area contributed by atoms with E-state index in [1.54, 1.807) is 29.8 Å². The van der Waals surface area contributed by atoms with Crippen molar-refractivity contribution in [2.45, 2.75) is 0 Å². The Balaban J connectivity index is 2.41. The molecule has 3 N–H and O–H groups in total. The molecule has 5 heteroatoms. The zero-order valence-electron chi connectivity index (χ0n) is 7.68. The van der Waals surface area contributed by atoms with Gasteiger partial charge >= 0.3 is 5.97 Å². The van der Waals surface area contributed by atoms with E-state index in [0.717, 1.165) is 10.4 Å². The molecule has 0 fully saturated rings. The smallest absolute Gasteiger partial charge is 0.336 e. The van der Waals surface area contributed by atoms with Gasteiger partial charge in [0.25, 0.3) is 0 Å². The van der Waals surface area contributed by atoms with Crippen LogP contribution in [-0.4, -0.2) is 16.1 Å². The minimum absolute atomic E-state index is 0.297. The van der Waals surface area contributed by atoms with Gasteiger partial charge in [-0.25, -0.2) is 9.78 Å². The van der Waals surface area contributed by atoms with Crippen molar-refractivity contribution in [3.63, 3.8) is 0 Å². The lowest BCUT2D eigenvalue weighted by Gasteiger charge is -1.97. The highest BCUT2D eigenvalue weighted by molar-refractivity contribution is 7.13. The molecular weight excluding hydrogens is 212 g/mol. The fourth-order valence-corrected chi connectivity index (χ4v) is 2.08. The number of hydrogen-bond acceptors (Lipinski definition) is 4. The van der Waals surface area contributed by atoms with Crippen molar-refractivity contribution in [1.29, 1.82) is 0 Å². The van der Waals surface area contributed by atoms with Gasteiger partial charge in [0.2, 0.25) is 0 Å². The van der Waals surface area contributed by atoms with Crippen molar-refractivity contribution in [3.8, 4) is 10.4 Å². The molecule has 76 valence electrons. The molecule has 0 aliphatic heterocycles. The van der Waals surface area contributed by atoms with Crippen molar-refractivity contribution in [3.05, 3.63) is 35.3 Å². The molecule has 0 atom stereocenters. The van der Waals surface area contributed by atoms with Crippen molar-refractivity contribution in [2.24, 2.45) is 0 Å². The Labute approximate surface area is 90.0 Å². The Hall–Kier alpha value is -1.88. The summed E-state index contributed by atoms with van der Waals surface area (Å²) in [5, 5.41) is 10.4. The third kappa shape index (κ3) is 1.97. The predicted molar refractivity (Wildman–Crippen MR) is 58.9 cm³/mol. The molecule has 0 aromatic carbocycles. The Morgan fingerprint density at radius 2 is 2.27 bits per heavy atom. The molecule has 4 nitrogen and oxygen atoms in total. The van der Waals surface area contributed by atoms with E-state index in [2.05, 4.69) is 4.98 Å². The van der Waals surface area contributed by atoms with Crippen molar-refractivity contribution in [2.75, 3.05) is 5.73 Å². The molecule has 2 heterocycles. The molecule has 0 spiro atoms. The second-order valence-electron chi connectivity index (χ2n) is 2.97. The van der Waals surface area contributed by atoms with Crippen molar-refractivity contribution >= 4 is 23.1 Å². The van der Waals surface area contributed by atoms with E-state index in [9.17, 15) is 4.79 Å². The van der Waals surface area contributed by atoms with Gasteiger partial charge in [-0.2, -0.15) is 0 Å². The lowest BCUT2D eigenvalue weighted by Crippen LogP contribution is -1.91. The molecule has 0 aliphatic carbocycles. The van der Waals surface area contributed by atoms with Crippen LogP contribution in [0.2, 0.25) is 0 Å². The van der Waals surface area contributed by atoms with Crippen LogP contribution in [0.1, 0.15) is 10.4 Å². The van der Waals surface area contributed by atoms with Gasteiger partial charge in [0.05, 0.1) is 5.56 Å². The number of aromatic carboxylic acids is 1. The summed E-state index contributed by atoms with van der Waals surface area (Å²) >= 11 is 1.38. The number of carboxylic acids is 1. The molecule has 2 aromatic heterocycles. The number of nitrogen functional groups attached to an aromatic ring is 1. The number of rotatable bonds is 2. The molecule has 0 amide bonds. The summed E-state index contributed by atoms with van der Waals surface area (Å²) < 4.78 is 0. The first-order valence-corrected chi connectivity index (χ1v) is 5.08. The molecule has 0 bridgehead atoms. The number of carboxylic acid groups (broad SMARTS) is 1. The van der Waals surface area contributed by atoms with Crippen LogP contribution < -0.4 is 5.73 Å². The summed E-state index contributed by atoms with van der Waals surface area (Å²) in [6.07, 6.45) is 1.60. The molecular formula is C10H8N2O2S. The van der Waals surface area contributed by atoms with Crippen molar-refractivity contribution in [1.82, 2.24) is 4.98 Å². The third-order valence-corrected chi connectivity index (χ3v) is 2.89. The maximum absolute atomic E-state index is 10.7. The number of hydrogen-bond donors (Lipinski definition) is 2. The Morgan fingerprint density at radius 3 is 2.87 bits per heavy atom. The molecule has 15 heavy (non-hydrogen) atoms. The van der Waals surface area contributed by atoms with E-state index in [0.29, 0.717) is 11.4 Å². The highest BCUT2D eigenvalue weighted by Gasteiger charge is 2.07. The van der Waals surface area contributed by atoms with Gasteiger partial charge in [0, 0.05) is 16.5 Å². The summed E-state index contributed by atoms with van der Waals surface area (Å²) in [4.78, 5) is 15.4. The topological polar surface area (TPSA) is 76.2 Å². The van der Waals surface area contributed by atoms with Crippen LogP contribution in [0.15, 0.2) is 29.8 Å². The lowest BCUT2D eigenvalue weighted by atomic mass is 10.2. The first-order chi connectivity index (χ1) is 7.16.